The van der Waals surface area contributed by atoms with E-state index in [1.165, 1.54) is 15.5 Å². The SMILES string of the molecule is CS(=O)(=O)N1CCN(C(=O)[C@@H]2CCCN(C(N)=O)C2)CC1. The summed E-state index contributed by atoms with van der Waals surface area (Å²) in [6.45, 7) is 2.42. The third-order valence-electron chi connectivity index (χ3n) is 4.10. The highest BCUT2D eigenvalue weighted by molar-refractivity contribution is 7.88. The number of hydrogen-bond donors (Lipinski definition) is 1. The van der Waals surface area contributed by atoms with E-state index in [-0.39, 0.29) is 11.8 Å². The van der Waals surface area contributed by atoms with Gasteiger partial charge in [-0.25, -0.2) is 13.2 Å². The first-order valence-corrected chi connectivity index (χ1v) is 8.92. The number of nitrogens with two attached hydrogens (primary N) is 1. The molecule has 2 N–H and O–H groups in total. The zero-order chi connectivity index (χ0) is 15.6. The monoisotopic (exact) mass is 318 g/mol. The Bertz CT molecular complexity index is 513. The van der Waals surface area contributed by atoms with Gasteiger partial charge in [-0.2, -0.15) is 4.31 Å². The van der Waals surface area contributed by atoms with E-state index in [4.69, 9.17) is 5.73 Å². The summed E-state index contributed by atoms with van der Waals surface area (Å²) >= 11 is 0. The number of piperidine rings is 1. The summed E-state index contributed by atoms with van der Waals surface area (Å²) in [5.74, 6) is -0.231. The lowest BCUT2D eigenvalue weighted by Crippen LogP contribution is -2.54. The second kappa shape index (κ2) is 6.18. The quantitative estimate of drug-likeness (QED) is 0.696. The molecule has 2 saturated heterocycles. The van der Waals surface area contributed by atoms with Gasteiger partial charge in [0, 0.05) is 39.3 Å². The highest BCUT2D eigenvalue weighted by Gasteiger charge is 2.33. The van der Waals surface area contributed by atoms with Crippen LogP contribution in [-0.4, -0.2) is 80.0 Å². The predicted molar refractivity (Wildman–Crippen MR) is 76.9 cm³/mol. The standard InChI is InChI=1S/C12H22N4O4S/c1-21(19,20)16-7-5-14(6-8-16)11(17)10-3-2-4-15(9-10)12(13)18/h10H,2-9H2,1H3,(H2,13,18)/t10-/m1/s1. The molecule has 1 atom stereocenters. The number of nitrogens with zero attached hydrogens (tertiary/aromatic N) is 3. The first-order chi connectivity index (χ1) is 9.79. The van der Waals surface area contributed by atoms with Crippen LogP contribution in [0.4, 0.5) is 4.79 Å². The van der Waals surface area contributed by atoms with Crippen molar-refractivity contribution in [3.63, 3.8) is 0 Å². The molecule has 3 amide bonds. The van der Waals surface area contributed by atoms with E-state index in [1.54, 1.807) is 4.90 Å². The Morgan fingerprint density at radius 2 is 1.67 bits per heavy atom. The Balaban J connectivity index is 1.91. The maximum atomic E-state index is 12.5. The van der Waals surface area contributed by atoms with Gasteiger partial charge in [-0.1, -0.05) is 0 Å². The van der Waals surface area contributed by atoms with E-state index in [0.29, 0.717) is 39.3 Å². The van der Waals surface area contributed by atoms with Crippen LogP contribution in [0.25, 0.3) is 0 Å². The predicted octanol–water partition coefficient (Wildman–Crippen LogP) is -1.12. The number of carbonyl (C=O) groups is 2. The minimum atomic E-state index is -3.19. The lowest BCUT2D eigenvalue weighted by atomic mass is 9.96. The lowest BCUT2D eigenvalue weighted by Gasteiger charge is -2.37. The highest BCUT2D eigenvalue weighted by atomic mass is 32.2. The van der Waals surface area contributed by atoms with Gasteiger partial charge in [0.1, 0.15) is 0 Å². The van der Waals surface area contributed by atoms with E-state index in [9.17, 15) is 18.0 Å². The van der Waals surface area contributed by atoms with Gasteiger partial charge >= 0.3 is 6.03 Å². The average Bonchev–Trinajstić information content (AvgIpc) is 2.46. The Hall–Kier alpha value is -1.35. The van der Waals surface area contributed by atoms with Crippen LogP contribution >= 0.6 is 0 Å². The molecule has 2 heterocycles. The molecule has 9 heteroatoms. The third kappa shape index (κ3) is 3.85. The van der Waals surface area contributed by atoms with E-state index >= 15 is 0 Å². The molecule has 0 aromatic rings. The van der Waals surface area contributed by atoms with Crippen LogP contribution < -0.4 is 5.73 Å². The molecule has 2 fully saturated rings. The molecule has 8 nitrogen and oxygen atoms in total. The molecule has 2 aliphatic rings. The Morgan fingerprint density at radius 3 is 2.19 bits per heavy atom. The van der Waals surface area contributed by atoms with Crippen molar-refractivity contribution < 1.29 is 18.0 Å². The summed E-state index contributed by atoms with van der Waals surface area (Å²) in [5.41, 5.74) is 5.26. The van der Waals surface area contributed by atoms with Gasteiger partial charge in [0.25, 0.3) is 0 Å². The summed E-state index contributed by atoms with van der Waals surface area (Å²) < 4.78 is 24.3. The molecule has 0 spiro atoms. The van der Waals surface area contributed by atoms with Crippen LogP contribution in [0.15, 0.2) is 0 Å². The number of hydrogen-bond acceptors (Lipinski definition) is 4. The van der Waals surface area contributed by atoms with E-state index in [1.807, 2.05) is 0 Å². The summed E-state index contributed by atoms with van der Waals surface area (Å²) in [6, 6.07) is -0.491. The number of urea groups is 1. The fraction of sp³-hybridized carbons (Fsp3) is 0.833. The van der Waals surface area contributed by atoms with Crippen molar-refractivity contribution in [2.24, 2.45) is 11.7 Å². The smallest absolute Gasteiger partial charge is 0.314 e. The second-order valence-corrected chi connectivity index (χ2v) is 7.59. The van der Waals surface area contributed by atoms with Gasteiger partial charge in [0.15, 0.2) is 0 Å². The minimum Gasteiger partial charge on any atom is -0.351 e. The van der Waals surface area contributed by atoms with Gasteiger partial charge in [0.2, 0.25) is 15.9 Å². The van der Waals surface area contributed by atoms with E-state index < -0.39 is 16.1 Å². The molecule has 0 aliphatic carbocycles. The molecule has 21 heavy (non-hydrogen) atoms. The molecule has 0 radical (unpaired) electrons. The van der Waals surface area contributed by atoms with Crippen molar-refractivity contribution in [3.8, 4) is 0 Å². The number of carbonyl (C=O) groups excluding carboxylic acids is 2. The molecular formula is C12H22N4O4S. The van der Waals surface area contributed by atoms with Crippen LogP contribution in [0, 0.1) is 5.92 Å². The topological polar surface area (TPSA) is 104 Å². The lowest BCUT2D eigenvalue weighted by molar-refractivity contribution is -0.138. The molecular weight excluding hydrogens is 296 g/mol. The van der Waals surface area contributed by atoms with Crippen LogP contribution in [-0.2, 0) is 14.8 Å². The van der Waals surface area contributed by atoms with Crippen LogP contribution in [0.3, 0.4) is 0 Å². The fourth-order valence-corrected chi connectivity index (χ4v) is 3.70. The largest absolute Gasteiger partial charge is 0.351 e. The van der Waals surface area contributed by atoms with Crippen LogP contribution in [0.2, 0.25) is 0 Å². The van der Waals surface area contributed by atoms with Crippen molar-refractivity contribution in [3.05, 3.63) is 0 Å². The molecule has 2 rings (SSSR count). The van der Waals surface area contributed by atoms with E-state index in [2.05, 4.69) is 0 Å². The Morgan fingerprint density at radius 1 is 1.05 bits per heavy atom. The van der Waals surface area contributed by atoms with E-state index in [0.717, 1.165) is 12.8 Å². The third-order valence-corrected chi connectivity index (χ3v) is 5.40. The molecule has 2 aliphatic heterocycles. The number of piperazine rings is 1. The summed E-state index contributed by atoms with van der Waals surface area (Å²) in [5, 5.41) is 0. The maximum absolute atomic E-state index is 12.5. The first kappa shape index (κ1) is 16.0. The normalized spacial score (nSPS) is 24.9. The van der Waals surface area contributed by atoms with Crippen molar-refractivity contribution in [2.75, 3.05) is 45.5 Å². The van der Waals surface area contributed by atoms with Gasteiger partial charge in [0.05, 0.1) is 12.2 Å². The van der Waals surface area contributed by atoms with Gasteiger partial charge < -0.3 is 15.5 Å². The second-order valence-electron chi connectivity index (χ2n) is 5.61. The van der Waals surface area contributed by atoms with Crippen molar-refractivity contribution in [2.45, 2.75) is 12.8 Å². The molecule has 0 aromatic heterocycles. The minimum absolute atomic E-state index is 0.00546. The molecule has 0 bridgehead atoms. The fourth-order valence-electron chi connectivity index (χ4n) is 2.88. The van der Waals surface area contributed by atoms with Gasteiger partial charge in [-0.15, -0.1) is 0 Å². The summed E-state index contributed by atoms with van der Waals surface area (Å²) in [7, 11) is -3.19. The number of rotatable bonds is 2. The Labute approximate surface area is 124 Å². The number of likely N-dealkylation sites (tertiary alicyclic amines) is 1. The molecule has 0 saturated carbocycles. The summed E-state index contributed by atoms with van der Waals surface area (Å²) in [6.07, 6.45) is 2.69. The van der Waals surface area contributed by atoms with Gasteiger partial charge in [-0.05, 0) is 12.8 Å². The summed E-state index contributed by atoms with van der Waals surface area (Å²) in [4.78, 5) is 26.8. The number of primary amides is 1. The Kier molecular flexibility index (Phi) is 4.72. The zero-order valence-electron chi connectivity index (χ0n) is 12.2. The average molecular weight is 318 g/mol. The molecule has 0 aromatic carbocycles. The van der Waals surface area contributed by atoms with Crippen molar-refractivity contribution in [1.82, 2.24) is 14.1 Å². The van der Waals surface area contributed by atoms with Crippen LogP contribution in [0.1, 0.15) is 12.8 Å². The molecule has 0 unspecified atom stereocenters. The maximum Gasteiger partial charge on any atom is 0.314 e. The first-order valence-electron chi connectivity index (χ1n) is 7.07. The number of amides is 3. The van der Waals surface area contributed by atoms with Crippen molar-refractivity contribution in [1.29, 1.82) is 0 Å². The number of sulfonamides is 1. The van der Waals surface area contributed by atoms with Crippen molar-refractivity contribution >= 4 is 22.0 Å². The van der Waals surface area contributed by atoms with Crippen LogP contribution in [0.5, 0.6) is 0 Å². The van der Waals surface area contributed by atoms with Gasteiger partial charge in [-0.3, -0.25) is 4.79 Å². The highest BCUT2D eigenvalue weighted by Crippen LogP contribution is 2.20. The zero-order valence-corrected chi connectivity index (χ0v) is 13.0. The molecule has 120 valence electrons.